The second-order valence-electron chi connectivity index (χ2n) is 8.46. The first kappa shape index (κ1) is 25.5. The summed E-state index contributed by atoms with van der Waals surface area (Å²) in [5, 5.41) is 4.00. The number of hydrogen-bond donors (Lipinski definition) is 2. The molecule has 190 valence electrons. The van der Waals surface area contributed by atoms with Crippen LogP contribution >= 0.6 is 0 Å². The number of primary amides is 1. The van der Waals surface area contributed by atoms with E-state index in [4.69, 9.17) is 19.9 Å². The second-order valence-corrected chi connectivity index (χ2v) is 8.46. The van der Waals surface area contributed by atoms with E-state index in [1.165, 1.54) is 0 Å². The number of imidazole rings is 1. The van der Waals surface area contributed by atoms with Crippen LogP contribution in [0.1, 0.15) is 40.9 Å². The van der Waals surface area contributed by atoms with Crippen molar-refractivity contribution < 1.29 is 13.9 Å². The molecule has 0 atom stereocenters. The molecule has 0 saturated heterocycles. The van der Waals surface area contributed by atoms with Gasteiger partial charge in [0.1, 0.15) is 16.9 Å². The summed E-state index contributed by atoms with van der Waals surface area (Å²) in [6, 6.07) is 19.4. The Labute approximate surface area is 214 Å². The van der Waals surface area contributed by atoms with Gasteiger partial charge in [-0.1, -0.05) is 49.7 Å². The van der Waals surface area contributed by atoms with Gasteiger partial charge in [-0.15, -0.1) is 0 Å². The number of hydrogen-bond acceptors (Lipinski definition) is 6. The zero-order valence-corrected chi connectivity index (χ0v) is 21.6. The first-order valence-corrected chi connectivity index (χ1v) is 12.1. The molecule has 0 unspecified atom stereocenters. The van der Waals surface area contributed by atoms with E-state index in [1.807, 2.05) is 67.8 Å². The fourth-order valence-electron chi connectivity index (χ4n) is 4.33. The Bertz CT molecular complexity index is 1670. The number of anilines is 2. The zero-order valence-electron chi connectivity index (χ0n) is 21.6. The second kappa shape index (κ2) is 10.6. The highest BCUT2D eigenvalue weighted by Crippen LogP contribution is 2.30. The Morgan fingerprint density at radius 3 is 2.54 bits per heavy atom. The van der Waals surface area contributed by atoms with Crippen LogP contribution in [0, 0.1) is 13.8 Å². The molecule has 37 heavy (non-hydrogen) atoms. The Hall–Kier alpha value is -4.59. The monoisotopic (exact) mass is 498 g/mol. The number of fused-ring (bicyclic) bond motifs is 2. The van der Waals surface area contributed by atoms with Gasteiger partial charge in [-0.25, -0.2) is 9.78 Å². The third kappa shape index (κ3) is 5.04. The summed E-state index contributed by atoms with van der Waals surface area (Å²) in [7, 11) is 1.62. The Morgan fingerprint density at radius 1 is 1.08 bits per heavy atom. The number of nitrogens with zero attached hydrogens (tertiary/aromatic N) is 2. The maximum atomic E-state index is 12.4. The van der Waals surface area contributed by atoms with E-state index in [0.29, 0.717) is 34.5 Å². The number of rotatable bonds is 6. The molecule has 0 aliphatic carbocycles. The van der Waals surface area contributed by atoms with Crippen molar-refractivity contribution in [1.82, 2.24) is 9.55 Å². The molecule has 0 radical (unpaired) electrons. The minimum atomic E-state index is -0.816. The van der Waals surface area contributed by atoms with Gasteiger partial charge in [-0.3, -0.25) is 4.79 Å². The Balaban J connectivity index is 0.00000156. The van der Waals surface area contributed by atoms with Crippen molar-refractivity contribution in [2.75, 3.05) is 12.4 Å². The van der Waals surface area contributed by atoms with Gasteiger partial charge in [0.15, 0.2) is 0 Å². The molecule has 0 aliphatic rings. The van der Waals surface area contributed by atoms with Crippen molar-refractivity contribution in [1.29, 1.82) is 0 Å². The van der Waals surface area contributed by atoms with E-state index in [2.05, 4.69) is 17.4 Å². The van der Waals surface area contributed by atoms with Crippen LogP contribution in [0.5, 0.6) is 5.75 Å². The van der Waals surface area contributed by atoms with E-state index >= 15 is 0 Å². The zero-order chi connectivity index (χ0) is 26.7. The minimum absolute atomic E-state index is 0.147. The molecule has 1 amide bonds. The highest BCUT2D eigenvalue weighted by molar-refractivity contribution is 6.01. The minimum Gasteiger partial charge on any atom is -0.497 e. The smallest absolute Gasteiger partial charge is 0.349 e. The highest BCUT2D eigenvalue weighted by atomic mass is 16.5. The molecule has 0 saturated carbocycles. The maximum Gasteiger partial charge on any atom is 0.349 e. The van der Waals surface area contributed by atoms with Gasteiger partial charge >= 0.3 is 5.63 Å². The molecule has 2 heterocycles. The predicted molar refractivity (Wildman–Crippen MR) is 147 cm³/mol. The predicted octanol–water partition coefficient (Wildman–Crippen LogP) is 5.69. The third-order valence-electron chi connectivity index (χ3n) is 6.03. The number of ether oxygens (including phenoxy) is 1. The molecule has 5 aromatic rings. The van der Waals surface area contributed by atoms with E-state index in [0.717, 1.165) is 28.1 Å². The van der Waals surface area contributed by atoms with Gasteiger partial charge < -0.3 is 24.8 Å². The molecular weight excluding hydrogens is 468 g/mol. The summed E-state index contributed by atoms with van der Waals surface area (Å²) >= 11 is 0. The van der Waals surface area contributed by atoms with Crippen molar-refractivity contribution >= 4 is 39.5 Å². The molecular formula is C29H30N4O4. The van der Waals surface area contributed by atoms with Crippen LogP contribution < -0.4 is 21.4 Å². The van der Waals surface area contributed by atoms with Crippen LogP contribution in [0.2, 0.25) is 0 Å². The number of carbonyl (C=O) groups excluding carboxylic acids is 1. The van der Waals surface area contributed by atoms with E-state index < -0.39 is 11.5 Å². The summed E-state index contributed by atoms with van der Waals surface area (Å²) in [6.45, 7) is 8.27. The van der Waals surface area contributed by atoms with Gasteiger partial charge in [0, 0.05) is 23.2 Å². The van der Waals surface area contributed by atoms with Gasteiger partial charge in [0.2, 0.25) is 5.95 Å². The molecule has 3 N–H and O–H groups in total. The fourth-order valence-corrected chi connectivity index (χ4v) is 4.33. The maximum absolute atomic E-state index is 12.4. The molecule has 0 bridgehead atoms. The van der Waals surface area contributed by atoms with Crippen LogP contribution in [0.15, 0.2) is 69.9 Å². The number of methoxy groups -OCH3 is 1. The normalized spacial score (nSPS) is 10.7. The number of amides is 1. The van der Waals surface area contributed by atoms with Gasteiger partial charge in [0.05, 0.1) is 24.7 Å². The number of nitrogens with two attached hydrogens (primary N) is 1. The van der Waals surface area contributed by atoms with Gasteiger partial charge in [-0.2, -0.15) is 0 Å². The fraction of sp³-hybridized carbons (Fsp3) is 0.207. The van der Waals surface area contributed by atoms with Crippen molar-refractivity contribution in [3.63, 3.8) is 0 Å². The van der Waals surface area contributed by atoms with E-state index in [-0.39, 0.29) is 5.56 Å². The lowest BCUT2D eigenvalue weighted by atomic mass is 10.0. The lowest BCUT2D eigenvalue weighted by Crippen LogP contribution is -2.22. The third-order valence-corrected chi connectivity index (χ3v) is 6.03. The SMILES string of the molecule is CC.COc1cccc(Nc2nc3cc4c(C)c(C(N)=O)c(=O)oc4cc3n2Cc2cccc(C)c2)c1. The van der Waals surface area contributed by atoms with Crippen LogP contribution in [0.4, 0.5) is 11.6 Å². The molecule has 0 aliphatic heterocycles. The summed E-state index contributed by atoms with van der Waals surface area (Å²) < 4.78 is 12.9. The van der Waals surface area contributed by atoms with Crippen LogP contribution in [0.3, 0.4) is 0 Å². The van der Waals surface area contributed by atoms with Crippen LogP contribution in [0.25, 0.3) is 22.0 Å². The van der Waals surface area contributed by atoms with Gasteiger partial charge in [0.25, 0.3) is 5.91 Å². The van der Waals surface area contributed by atoms with Gasteiger partial charge in [-0.05, 0) is 43.2 Å². The number of aryl methyl sites for hydroxylation is 2. The Morgan fingerprint density at radius 2 is 1.84 bits per heavy atom. The highest BCUT2D eigenvalue weighted by Gasteiger charge is 2.19. The topological polar surface area (TPSA) is 112 Å². The molecule has 5 rings (SSSR count). The van der Waals surface area contributed by atoms with Crippen molar-refractivity contribution in [3.8, 4) is 5.75 Å². The van der Waals surface area contributed by atoms with Crippen molar-refractivity contribution in [2.24, 2.45) is 5.73 Å². The molecule has 0 fully saturated rings. The van der Waals surface area contributed by atoms with Crippen molar-refractivity contribution in [3.05, 3.63) is 93.3 Å². The van der Waals surface area contributed by atoms with Crippen LogP contribution in [-0.2, 0) is 6.54 Å². The molecule has 3 aromatic carbocycles. The summed E-state index contributed by atoms with van der Waals surface area (Å²) in [6.07, 6.45) is 0. The molecule has 2 aromatic heterocycles. The quantitative estimate of drug-likeness (QED) is 0.291. The Kier molecular flexibility index (Phi) is 7.29. The average molecular weight is 499 g/mol. The largest absolute Gasteiger partial charge is 0.497 e. The number of benzene rings is 3. The first-order valence-electron chi connectivity index (χ1n) is 12.1. The number of nitrogens with one attached hydrogen (secondary N) is 1. The summed E-state index contributed by atoms with van der Waals surface area (Å²) in [4.78, 5) is 29.1. The average Bonchev–Trinajstić information content (AvgIpc) is 3.19. The molecule has 0 spiro atoms. The number of aromatic nitrogens is 2. The molecule has 8 nitrogen and oxygen atoms in total. The standard InChI is InChI=1S/C27H24N4O4.C2H6/c1-15-6-4-7-17(10-15)14-31-22-13-23-20(16(2)24(25(28)32)26(33)35-23)12-21(22)30-27(31)29-18-8-5-9-19(11-18)34-3;1-2/h4-13H,14H2,1-3H3,(H2,28,32)(H,29,30);1-2H3. The van der Waals surface area contributed by atoms with Crippen molar-refractivity contribution in [2.45, 2.75) is 34.2 Å². The first-order chi connectivity index (χ1) is 17.8. The number of carbonyl (C=O) groups is 1. The summed E-state index contributed by atoms with van der Waals surface area (Å²) in [5.41, 5.74) is 9.88. The van der Waals surface area contributed by atoms with E-state index in [1.54, 1.807) is 20.1 Å². The molecule has 8 heteroatoms. The van der Waals surface area contributed by atoms with Crippen LogP contribution in [-0.4, -0.2) is 22.6 Å². The lowest BCUT2D eigenvalue weighted by Gasteiger charge is -2.12. The summed E-state index contributed by atoms with van der Waals surface area (Å²) in [5.74, 6) is 0.516. The van der Waals surface area contributed by atoms with E-state index in [9.17, 15) is 9.59 Å². The lowest BCUT2D eigenvalue weighted by molar-refractivity contribution is 0.0996.